The van der Waals surface area contributed by atoms with E-state index in [0.29, 0.717) is 19.4 Å². The molecule has 0 rings (SSSR count). The van der Waals surface area contributed by atoms with Gasteiger partial charge in [-0.1, -0.05) is 269 Å². The molecular weight excluding hydrogens is 815 g/mol. The summed E-state index contributed by atoms with van der Waals surface area (Å²) in [5.41, 5.74) is 0. The van der Waals surface area contributed by atoms with E-state index in [0.717, 1.165) is 57.8 Å². The van der Waals surface area contributed by atoms with Crippen LogP contribution in [0.5, 0.6) is 0 Å². The summed E-state index contributed by atoms with van der Waals surface area (Å²) in [5, 5.41) is 23.0. The van der Waals surface area contributed by atoms with Crippen molar-refractivity contribution in [2.75, 3.05) is 13.2 Å². The van der Waals surface area contributed by atoms with Crippen molar-refractivity contribution < 1.29 is 24.5 Å². The van der Waals surface area contributed by atoms with Gasteiger partial charge >= 0.3 is 5.97 Å². The average molecular weight is 929 g/mol. The molecule has 3 N–H and O–H groups in total. The van der Waals surface area contributed by atoms with E-state index in [1.807, 2.05) is 6.08 Å². The van der Waals surface area contributed by atoms with Gasteiger partial charge in [-0.05, 0) is 64.2 Å². The molecule has 0 bridgehead atoms. The first-order chi connectivity index (χ1) is 32.5. The van der Waals surface area contributed by atoms with Gasteiger partial charge in [-0.25, -0.2) is 0 Å². The van der Waals surface area contributed by atoms with Gasteiger partial charge in [-0.15, -0.1) is 0 Å². The molecule has 0 radical (unpaired) electrons. The van der Waals surface area contributed by atoms with Crippen LogP contribution in [0.4, 0.5) is 0 Å². The molecule has 0 heterocycles. The Balaban J connectivity index is 3.44. The molecule has 0 fully saturated rings. The summed E-state index contributed by atoms with van der Waals surface area (Å²) in [6.45, 7) is 4.89. The fourth-order valence-electron chi connectivity index (χ4n) is 8.90. The molecule has 0 saturated carbocycles. The molecule has 0 aromatic carbocycles. The Kier molecular flexibility index (Phi) is 54.1. The molecule has 388 valence electrons. The molecule has 6 nitrogen and oxygen atoms in total. The minimum absolute atomic E-state index is 0.00909. The zero-order valence-corrected chi connectivity index (χ0v) is 44.2. The Morgan fingerprint density at radius 2 is 0.758 bits per heavy atom. The van der Waals surface area contributed by atoms with Crippen LogP contribution in [-0.4, -0.2) is 47.4 Å². The third-order valence-corrected chi connectivity index (χ3v) is 13.4. The summed E-state index contributed by atoms with van der Waals surface area (Å²) in [6.07, 6.45) is 68.9. The summed E-state index contributed by atoms with van der Waals surface area (Å²) < 4.78 is 5.48. The SMILES string of the molecule is CCCCCCCCCCC/C=C/C(O)C(CO)NC(=O)CCCCCCCCC/C=C\C/C=C\CCCCCCCCCCCOC(=O)CCCCCCCCCCCCCCCCC. The van der Waals surface area contributed by atoms with Crippen LogP contribution >= 0.6 is 0 Å². The predicted molar refractivity (Wildman–Crippen MR) is 287 cm³/mol. The van der Waals surface area contributed by atoms with E-state index in [1.165, 1.54) is 225 Å². The maximum atomic E-state index is 12.4. The molecule has 0 spiro atoms. The van der Waals surface area contributed by atoms with Gasteiger partial charge in [0.1, 0.15) is 0 Å². The second-order valence-electron chi connectivity index (χ2n) is 20.0. The van der Waals surface area contributed by atoms with Crippen LogP contribution in [0.1, 0.15) is 309 Å². The number of hydrogen-bond acceptors (Lipinski definition) is 5. The van der Waals surface area contributed by atoms with E-state index < -0.39 is 12.1 Å². The van der Waals surface area contributed by atoms with Crippen LogP contribution < -0.4 is 5.32 Å². The first-order valence-electron chi connectivity index (χ1n) is 29.3. The minimum Gasteiger partial charge on any atom is -0.466 e. The molecule has 2 unspecified atom stereocenters. The van der Waals surface area contributed by atoms with Gasteiger partial charge in [-0.2, -0.15) is 0 Å². The van der Waals surface area contributed by atoms with Gasteiger partial charge < -0.3 is 20.3 Å². The fourth-order valence-corrected chi connectivity index (χ4v) is 8.90. The van der Waals surface area contributed by atoms with Gasteiger partial charge in [0, 0.05) is 12.8 Å². The monoisotopic (exact) mass is 928 g/mol. The number of amides is 1. The van der Waals surface area contributed by atoms with Crippen molar-refractivity contribution >= 4 is 11.9 Å². The lowest BCUT2D eigenvalue weighted by Crippen LogP contribution is -2.45. The number of carbonyl (C=O) groups excluding carboxylic acids is 2. The summed E-state index contributed by atoms with van der Waals surface area (Å²) in [5.74, 6) is -0.0706. The van der Waals surface area contributed by atoms with Crippen LogP contribution in [0.25, 0.3) is 0 Å². The molecule has 0 saturated heterocycles. The largest absolute Gasteiger partial charge is 0.466 e. The standard InChI is InChI=1S/C60H113NO5/c1-3-5-7-9-11-13-15-16-26-30-34-38-42-46-50-54-60(65)66-55-51-47-43-39-35-31-28-25-23-21-19-17-18-20-22-24-27-29-33-37-41-45-49-53-59(64)61-57(56-62)58(63)52-48-44-40-36-32-14-12-10-8-6-4-2/h17,19-20,22,48,52,57-58,62-63H,3-16,18,21,23-47,49-51,53-56H2,1-2H3,(H,61,64)/b19-17-,22-20-,52-48+. The number of aliphatic hydroxyl groups excluding tert-OH is 2. The lowest BCUT2D eigenvalue weighted by atomic mass is 10.0. The van der Waals surface area contributed by atoms with Crippen molar-refractivity contribution in [3.8, 4) is 0 Å². The van der Waals surface area contributed by atoms with E-state index in [-0.39, 0.29) is 18.5 Å². The first kappa shape index (κ1) is 64.1. The number of esters is 1. The van der Waals surface area contributed by atoms with Crippen molar-refractivity contribution in [2.24, 2.45) is 0 Å². The minimum atomic E-state index is -0.849. The molecule has 2 atom stereocenters. The summed E-state index contributed by atoms with van der Waals surface area (Å²) >= 11 is 0. The number of ether oxygens (including phenoxy) is 1. The molecule has 0 aliphatic heterocycles. The summed E-state index contributed by atoms with van der Waals surface area (Å²) in [4.78, 5) is 24.5. The highest BCUT2D eigenvalue weighted by Crippen LogP contribution is 2.16. The van der Waals surface area contributed by atoms with E-state index >= 15 is 0 Å². The fraction of sp³-hybridized carbons (Fsp3) is 0.867. The highest BCUT2D eigenvalue weighted by Gasteiger charge is 2.18. The summed E-state index contributed by atoms with van der Waals surface area (Å²) in [7, 11) is 0. The van der Waals surface area contributed by atoms with Gasteiger partial charge in [0.25, 0.3) is 0 Å². The predicted octanol–water partition coefficient (Wildman–Crippen LogP) is 18.0. The Morgan fingerprint density at radius 3 is 1.15 bits per heavy atom. The van der Waals surface area contributed by atoms with Gasteiger partial charge in [0.2, 0.25) is 5.91 Å². The van der Waals surface area contributed by atoms with E-state index in [9.17, 15) is 19.8 Å². The Hall–Kier alpha value is -1.92. The summed E-state index contributed by atoms with van der Waals surface area (Å²) in [6, 6.07) is -0.634. The van der Waals surface area contributed by atoms with Gasteiger partial charge in [0.15, 0.2) is 0 Å². The van der Waals surface area contributed by atoms with E-state index in [2.05, 4.69) is 43.5 Å². The number of unbranched alkanes of at least 4 members (excludes halogenated alkanes) is 39. The quantitative estimate of drug-likeness (QED) is 0.0321. The Labute approximate surface area is 411 Å². The second kappa shape index (κ2) is 55.7. The van der Waals surface area contributed by atoms with E-state index in [4.69, 9.17) is 4.74 Å². The topological polar surface area (TPSA) is 95.9 Å². The van der Waals surface area contributed by atoms with Crippen LogP contribution in [0.2, 0.25) is 0 Å². The van der Waals surface area contributed by atoms with Crippen molar-refractivity contribution in [3.63, 3.8) is 0 Å². The Bertz CT molecular complexity index is 1070. The van der Waals surface area contributed by atoms with Crippen molar-refractivity contribution in [3.05, 3.63) is 36.5 Å². The number of carbonyl (C=O) groups is 2. The Morgan fingerprint density at radius 1 is 0.424 bits per heavy atom. The number of allylic oxidation sites excluding steroid dienone is 5. The van der Waals surface area contributed by atoms with Crippen molar-refractivity contribution in [2.45, 2.75) is 321 Å². The molecule has 1 amide bonds. The molecule has 0 aromatic heterocycles. The third kappa shape index (κ3) is 51.5. The van der Waals surface area contributed by atoms with Crippen molar-refractivity contribution in [1.82, 2.24) is 5.32 Å². The maximum Gasteiger partial charge on any atom is 0.305 e. The van der Waals surface area contributed by atoms with Gasteiger partial charge in [0.05, 0.1) is 25.4 Å². The average Bonchev–Trinajstić information content (AvgIpc) is 3.32. The number of hydrogen-bond donors (Lipinski definition) is 3. The smallest absolute Gasteiger partial charge is 0.305 e. The molecule has 6 heteroatoms. The third-order valence-electron chi connectivity index (χ3n) is 13.4. The molecule has 0 aliphatic carbocycles. The number of rotatable bonds is 54. The van der Waals surface area contributed by atoms with Gasteiger partial charge in [-0.3, -0.25) is 9.59 Å². The van der Waals surface area contributed by atoms with Crippen LogP contribution in [0, 0.1) is 0 Å². The zero-order chi connectivity index (χ0) is 47.9. The lowest BCUT2D eigenvalue weighted by Gasteiger charge is -2.20. The van der Waals surface area contributed by atoms with E-state index in [1.54, 1.807) is 6.08 Å². The number of aliphatic hydroxyl groups is 2. The number of nitrogens with one attached hydrogen (secondary N) is 1. The van der Waals surface area contributed by atoms with Crippen LogP contribution in [-0.2, 0) is 14.3 Å². The second-order valence-corrected chi connectivity index (χ2v) is 20.0. The molecule has 0 aromatic rings. The lowest BCUT2D eigenvalue weighted by molar-refractivity contribution is -0.143. The molecular formula is C60H113NO5. The zero-order valence-electron chi connectivity index (χ0n) is 44.2. The van der Waals surface area contributed by atoms with Crippen molar-refractivity contribution in [1.29, 1.82) is 0 Å². The highest BCUT2D eigenvalue weighted by molar-refractivity contribution is 5.76. The maximum absolute atomic E-state index is 12.4. The highest BCUT2D eigenvalue weighted by atomic mass is 16.5. The molecule has 0 aliphatic rings. The normalized spacial score (nSPS) is 12.8. The van der Waals surface area contributed by atoms with Crippen LogP contribution in [0.3, 0.4) is 0 Å². The van der Waals surface area contributed by atoms with Crippen LogP contribution in [0.15, 0.2) is 36.5 Å². The first-order valence-corrected chi connectivity index (χ1v) is 29.3. The molecule has 66 heavy (non-hydrogen) atoms.